The highest BCUT2D eigenvalue weighted by atomic mass is 35.5. The second-order valence-corrected chi connectivity index (χ2v) is 5.70. The van der Waals surface area contributed by atoms with Gasteiger partial charge < -0.3 is 19.9 Å². The smallest absolute Gasteiger partial charge is 0.254 e. The Balaban J connectivity index is 0.00000192. The highest BCUT2D eigenvalue weighted by molar-refractivity contribution is 5.94. The first-order chi connectivity index (χ1) is 10.7. The number of ether oxygens (including phenoxy) is 1. The van der Waals surface area contributed by atoms with E-state index in [0.717, 1.165) is 13.1 Å². The number of nitrogens with one attached hydrogen (secondary N) is 1. The molecule has 0 aromatic heterocycles. The van der Waals surface area contributed by atoms with Crippen LogP contribution in [0.2, 0.25) is 0 Å². The molecular formula is C16H22ClN3O3. The molecule has 2 aliphatic rings. The molecule has 0 atom stereocenters. The standard InChI is InChI=1S/C16H21N3O3.ClH/c1-22-14-4-2-3-12(9-14)15(20)18-5-7-19(8-6-18)16(21)13-10-17-11-13;/h2-4,9,13,17H,5-8,10-11H2,1H3;1H. The monoisotopic (exact) mass is 339 g/mol. The fourth-order valence-corrected chi connectivity index (χ4v) is 2.79. The fourth-order valence-electron chi connectivity index (χ4n) is 2.79. The quantitative estimate of drug-likeness (QED) is 0.877. The Hall–Kier alpha value is -1.79. The Bertz CT molecular complexity index is 569. The first-order valence-corrected chi connectivity index (χ1v) is 7.62. The van der Waals surface area contributed by atoms with Gasteiger partial charge in [0.05, 0.1) is 13.0 Å². The van der Waals surface area contributed by atoms with Gasteiger partial charge >= 0.3 is 0 Å². The molecule has 1 N–H and O–H groups in total. The number of carbonyl (C=O) groups excluding carboxylic acids is 2. The van der Waals surface area contributed by atoms with Crippen LogP contribution in [0.1, 0.15) is 10.4 Å². The lowest BCUT2D eigenvalue weighted by molar-refractivity contribution is -0.138. The summed E-state index contributed by atoms with van der Waals surface area (Å²) in [7, 11) is 1.59. The van der Waals surface area contributed by atoms with Crippen LogP contribution in [-0.4, -0.2) is 68.0 Å². The third-order valence-electron chi connectivity index (χ3n) is 4.33. The van der Waals surface area contributed by atoms with Gasteiger partial charge in [0.25, 0.3) is 5.91 Å². The molecule has 0 radical (unpaired) electrons. The van der Waals surface area contributed by atoms with Gasteiger partial charge in [0.1, 0.15) is 5.75 Å². The lowest BCUT2D eigenvalue weighted by atomic mass is 10.0. The van der Waals surface area contributed by atoms with Crippen LogP contribution < -0.4 is 10.1 Å². The van der Waals surface area contributed by atoms with Gasteiger partial charge in [-0.2, -0.15) is 0 Å². The lowest BCUT2D eigenvalue weighted by Crippen LogP contribution is -2.57. The molecule has 0 aliphatic carbocycles. The maximum atomic E-state index is 12.5. The minimum Gasteiger partial charge on any atom is -0.497 e. The predicted octanol–water partition coefficient (Wildman–Crippen LogP) is 0.621. The number of amides is 2. The summed E-state index contributed by atoms with van der Waals surface area (Å²) in [6.07, 6.45) is 0. The molecule has 2 saturated heterocycles. The van der Waals surface area contributed by atoms with Crippen molar-refractivity contribution in [2.24, 2.45) is 5.92 Å². The Kier molecular flexibility index (Phi) is 5.85. The summed E-state index contributed by atoms with van der Waals surface area (Å²) >= 11 is 0. The number of nitrogens with zero attached hydrogens (tertiary/aromatic N) is 2. The maximum absolute atomic E-state index is 12.5. The number of halogens is 1. The van der Waals surface area contributed by atoms with Crippen LogP contribution in [-0.2, 0) is 4.79 Å². The van der Waals surface area contributed by atoms with Crippen molar-refractivity contribution in [1.29, 1.82) is 0 Å². The zero-order valence-electron chi connectivity index (χ0n) is 13.2. The molecule has 2 amide bonds. The van der Waals surface area contributed by atoms with Gasteiger partial charge in [-0.15, -0.1) is 12.4 Å². The molecule has 2 heterocycles. The molecule has 6 nitrogen and oxygen atoms in total. The number of carbonyl (C=O) groups is 2. The van der Waals surface area contributed by atoms with E-state index in [2.05, 4.69) is 5.32 Å². The van der Waals surface area contributed by atoms with E-state index in [1.54, 1.807) is 24.1 Å². The van der Waals surface area contributed by atoms with Gasteiger partial charge in [0.2, 0.25) is 5.91 Å². The SMILES string of the molecule is COc1cccc(C(=O)N2CCN(C(=O)C3CNC3)CC2)c1.Cl. The summed E-state index contributed by atoms with van der Waals surface area (Å²) in [6.45, 7) is 3.96. The van der Waals surface area contributed by atoms with E-state index in [0.29, 0.717) is 37.5 Å². The Morgan fingerprint density at radius 3 is 2.35 bits per heavy atom. The zero-order valence-corrected chi connectivity index (χ0v) is 14.0. The Morgan fingerprint density at radius 1 is 1.13 bits per heavy atom. The average molecular weight is 340 g/mol. The van der Waals surface area contributed by atoms with Gasteiger partial charge in [-0.25, -0.2) is 0 Å². The minimum atomic E-state index is -0.00342. The molecule has 0 spiro atoms. The van der Waals surface area contributed by atoms with E-state index in [4.69, 9.17) is 4.74 Å². The second-order valence-electron chi connectivity index (χ2n) is 5.70. The van der Waals surface area contributed by atoms with Crippen LogP contribution in [0.15, 0.2) is 24.3 Å². The topological polar surface area (TPSA) is 61.9 Å². The van der Waals surface area contributed by atoms with E-state index in [1.165, 1.54) is 0 Å². The van der Waals surface area contributed by atoms with Crippen LogP contribution in [0, 0.1) is 5.92 Å². The number of methoxy groups -OCH3 is 1. The first kappa shape index (κ1) is 17.6. The number of hydrogen-bond donors (Lipinski definition) is 1. The Morgan fingerprint density at radius 2 is 1.78 bits per heavy atom. The van der Waals surface area contributed by atoms with Crippen molar-refractivity contribution in [2.75, 3.05) is 46.4 Å². The van der Waals surface area contributed by atoms with E-state index < -0.39 is 0 Å². The Labute approximate surface area is 142 Å². The molecule has 126 valence electrons. The molecule has 0 saturated carbocycles. The molecule has 0 bridgehead atoms. The molecule has 2 aliphatic heterocycles. The van der Waals surface area contributed by atoms with E-state index in [1.807, 2.05) is 17.0 Å². The molecule has 7 heteroatoms. The van der Waals surface area contributed by atoms with Crippen molar-refractivity contribution in [2.45, 2.75) is 0 Å². The largest absolute Gasteiger partial charge is 0.497 e. The van der Waals surface area contributed by atoms with Crippen LogP contribution >= 0.6 is 12.4 Å². The van der Waals surface area contributed by atoms with Crippen molar-refractivity contribution in [1.82, 2.24) is 15.1 Å². The molecule has 0 unspecified atom stereocenters. The molecule has 3 rings (SSSR count). The van der Waals surface area contributed by atoms with Crippen molar-refractivity contribution >= 4 is 24.2 Å². The highest BCUT2D eigenvalue weighted by Gasteiger charge is 2.32. The third kappa shape index (κ3) is 3.76. The van der Waals surface area contributed by atoms with Gasteiger partial charge in [0.15, 0.2) is 0 Å². The van der Waals surface area contributed by atoms with Gasteiger partial charge in [-0.1, -0.05) is 6.07 Å². The normalized spacial score (nSPS) is 18.0. The number of piperazine rings is 1. The van der Waals surface area contributed by atoms with Gasteiger partial charge in [0, 0.05) is 44.8 Å². The second kappa shape index (κ2) is 7.66. The minimum absolute atomic E-state index is 0. The molecule has 1 aromatic carbocycles. The van der Waals surface area contributed by atoms with Crippen LogP contribution in [0.25, 0.3) is 0 Å². The summed E-state index contributed by atoms with van der Waals surface area (Å²) < 4.78 is 5.16. The number of rotatable bonds is 3. The lowest BCUT2D eigenvalue weighted by Gasteiger charge is -2.38. The van der Waals surface area contributed by atoms with Crippen molar-refractivity contribution in [3.63, 3.8) is 0 Å². The summed E-state index contributed by atoms with van der Waals surface area (Å²) in [5.41, 5.74) is 0.627. The average Bonchev–Trinajstić information content (AvgIpc) is 2.52. The molecule has 23 heavy (non-hydrogen) atoms. The summed E-state index contributed by atoms with van der Waals surface area (Å²) in [5.74, 6) is 1.02. The number of benzene rings is 1. The molecule has 2 fully saturated rings. The highest BCUT2D eigenvalue weighted by Crippen LogP contribution is 2.16. The zero-order chi connectivity index (χ0) is 15.5. The predicted molar refractivity (Wildman–Crippen MR) is 89.1 cm³/mol. The number of hydrogen-bond acceptors (Lipinski definition) is 4. The molecule has 1 aromatic rings. The summed E-state index contributed by atoms with van der Waals surface area (Å²) in [4.78, 5) is 28.4. The van der Waals surface area contributed by atoms with Gasteiger partial charge in [-0.05, 0) is 18.2 Å². The van der Waals surface area contributed by atoms with E-state index in [9.17, 15) is 9.59 Å². The van der Waals surface area contributed by atoms with Crippen molar-refractivity contribution in [3.8, 4) is 5.75 Å². The van der Waals surface area contributed by atoms with Crippen molar-refractivity contribution < 1.29 is 14.3 Å². The first-order valence-electron chi connectivity index (χ1n) is 7.62. The van der Waals surface area contributed by atoms with E-state index in [-0.39, 0.29) is 30.1 Å². The maximum Gasteiger partial charge on any atom is 0.254 e. The van der Waals surface area contributed by atoms with Crippen LogP contribution in [0.5, 0.6) is 5.75 Å². The van der Waals surface area contributed by atoms with Crippen LogP contribution in [0.3, 0.4) is 0 Å². The van der Waals surface area contributed by atoms with Gasteiger partial charge in [-0.3, -0.25) is 9.59 Å². The summed E-state index contributed by atoms with van der Waals surface area (Å²) in [5, 5.41) is 3.12. The van der Waals surface area contributed by atoms with Crippen LogP contribution in [0.4, 0.5) is 0 Å². The fraction of sp³-hybridized carbons (Fsp3) is 0.500. The third-order valence-corrected chi connectivity index (χ3v) is 4.33. The van der Waals surface area contributed by atoms with Crippen molar-refractivity contribution in [3.05, 3.63) is 29.8 Å². The molecular weight excluding hydrogens is 318 g/mol. The van der Waals surface area contributed by atoms with E-state index >= 15 is 0 Å². The summed E-state index contributed by atoms with van der Waals surface area (Å²) in [6, 6.07) is 7.18.